The van der Waals surface area contributed by atoms with Gasteiger partial charge in [0.25, 0.3) is 5.56 Å². The number of rotatable bonds is 8. The van der Waals surface area contributed by atoms with Gasteiger partial charge in [0.05, 0.1) is 89.6 Å². The molecule has 0 spiro atoms. The summed E-state index contributed by atoms with van der Waals surface area (Å²) in [5.41, 5.74) is 3.14. The van der Waals surface area contributed by atoms with E-state index in [-0.39, 0.29) is 31.4 Å². The van der Waals surface area contributed by atoms with Crippen LogP contribution in [0.5, 0.6) is 0 Å². The zero-order valence-electron chi connectivity index (χ0n) is 31.6. The van der Waals surface area contributed by atoms with Gasteiger partial charge in [-0.1, -0.05) is 37.3 Å². The van der Waals surface area contributed by atoms with Gasteiger partial charge in [-0.2, -0.15) is 0 Å². The highest BCUT2D eigenvalue weighted by Crippen LogP contribution is 2.17. The number of anilines is 1. The van der Waals surface area contributed by atoms with Crippen LogP contribution in [0.3, 0.4) is 0 Å². The number of amides is 2. The van der Waals surface area contributed by atoms with Gasteiger partial charge in [0, 0.05) is 46.4 Å². The molecule has 2 amide bonds. The fourth-order valence-corrected chi connectivity index (χ4v) is 6.59. The van der Waals surface area contributed by atoms with Gasteiger partial charge in [0.2, 0.25) is 11.8 Å². The standard InChI is InChI=1S/C39H56N6O8.H2/c1-4-34(38(47)40-33-11-6-5-8-30(33)2)43-14-20-52-26-24-50-18-12-42(13-19-51-25-27-53-21-15-43)28-35-41-37-31(3)9-7-10-32(37)39(48)45(35)29-36(46)44-16-22-49-23-17-44;/h5-11,34H,4,12-29H2,1-3H3,(H,40,47);1H. The molecule has 53 heavy (non-hydrogen) atoms. The van der Waals surface area contributed by atoms with Crippen LogP contribution in [0.1, 0.15) is 31.7 Å². The van der Waals surface area contributed by atoms with Gasteiger partial charge >= 0.3 is 0 Å². The predicted molar refractivity (Wildman–Crippen MR) is 204 cm³/mol. The predicted octanol–water partition coefficient (Wildman–Crippen LogP) is 2.72. The molecule has 0 radical (unpaired) electrons. The third-order valence-corrected chi connectivity index (χ3v) is 9.71. The van der Waals surface area contributed by atoms with E-state index in [4.69, 9.17) is 28.7 Å². The van der Waals surface area contributed by atoms with Crippen molar-refractivity contribution in [1.82, 2.24) is 24.3 Å². The molecule has 1 N–H and O–H groups in total. The highest BCUT2D eigenvalue weighted by Gasteiger charge is 2.25. The maximum atomic E-state index is 13.9. The summed E-state index contributed by atoms with van der Waals surface area (Å²) in [7, 11) is 0. The lowest BCUT2D eigenvalue weighted by molar-refractivity contribution is -0.136. The number of fused-ring (bicyclic) bond motifs is 1. The summed E-state index contributed by atoms with van der Waals surface area (Å²) in [5.74, 6) is 0.348. The van der Waals surface area contributed by atoms with E-state index >= 15 is 0 Å². The van der Waals surface area contributed by atoms with Crippen LogP contribution < -0.4 is 10.9 Å². The summed E-state index contributed by atoms with van der Waals surface area (Å²) >= 11 is 0. The molecule has 1 aromatic heterocycles. The number of hydrogen-bond acceptors (Lipinski definition) is 11. The number of morpholine rings is 1. The Hall–Kier alpha value is -3.76. The van der Waals surface area contributed by atoms with Crippen molar-refractivity contribution in [3.05, 3.63) is 69.8 Å². The molecule has 2 saturated heterocycles. The van der Waals surface area contributed by atoms with E-state index in [1.54, 1.807) is 11.0 Å². The lowest BCUT2D eigenvalue weighted by Crippen LogP contribution is -2.46. The van der Waals surface area contributed by atoms with Crippen molar-refractivity contribution in [2.45, 2.75) is 46.3 Å². The molecule has 2 aliphatic heterocycles. The Morgan fingerprint density at radius 3 is 1.94 bits per heavy atom. The molecule has 1 unspecified atom stereocenters. The van der Waals surface area contributed by atoms with Crippen molar-refractivity contribution in [3.63, 3.8) is 0 Å². The van der Waals surface area contributed by atoms with E-state index in [2.05, 4.69) is 15.1 Å². The number of ether oxygens (including phenoxy) is 5. The van der Waals surface area contributed by atoms with Crippen molar-refractivity contribution >= 4 is 28.4 Å². The molecule has 3 aromatic rings. The fraction of sp³-hybridized carbons (Fsp3) is 0.590. The number of hydrogen-bond donors (Lipinski definition) is 1. The maximum Gasteiger partial charge on any atom is 0.261 e. The Labute approximate surface area is 313 Å². The van der Waals surface area contributed by atoms with Gasteiger partial charge in [-0.3, -0.25) is 28.8 Å². The first-order valence-corrected chi connectivity index (χ1v) is 18.8. The molecule has 0 saturated carbocycles. The molecule has 1 atom stereocenters. The molecule has 2 fully saturated rings. The van der Waals surface area contributed by atoms with E-state index in [1.807, 2.05) is 57.2 Å². The molecular formula is C39H58N6O8. The average Bonchev–Trinajstić information content (AvgIpc) is 3.16. The van der Waals surface area contributed by atoms with E-state index in [1.165, 1.54) is 4.57 Å². The van der Waals surface area contributed by atoms with Crippen LogP contribution >= 0.6 is 0 Å². The molecule has 0 bridgehead atoms. The van der Waals surface area contributed by atoms with Crippen LogP contribution in [0.2, 0.25) is 0 Å². The first-order chi connectivity index (χ1) is 25.9. The second-order valence-corrected chi connectivity index (χ2v) is 13.4. The van der Waals surface area contributed by atoms with Crippen LogP contribution in [-0.4, -0.2) is 147 Å². The third-order valence-electron chi connectivity index (χ3n) is 9.71. The Balaban J connectivity index is 0.00000650. The van der Waals surface area contributed by atoms with Gasteiger partial charge in [0.15, 0.2) is 0 Å². The summed E-state index contributed by atoms with van der Waals surface area (Å²) in [5, 5.41) is 3.59. The molecule has 2 aromatic carbocycles. The SMILES string of the molecule is CCC(C(=O)Nc1ccccc1C)N1CCOCCOCCN(Cc2nc3c(C)cccc3c(=O)n2CC(=O)N2CCOCC2)CCOCCOCC1.[HH]. The van der Waals surface area contributed by atoms with Crippen molar-refractivity contribution in [2.75, 3.05) is 111 Å². The largest absolute Gasteiger partial charge is 0.378 e. The van der Waals surface area contributed by atoms with E-state index < -0.39 is 0 Å². The average molecular weight is 739 g/mol. The highest BCUT2D eigenvalue weighted by molar-refractivity contribution is 5.95. The quantitative estimate of drug-likeness (QED) is 0.366. The lowest BCUT2D eigenvalue weighted by atomic mass is 10.1. The number of carbonyl (C=O) groups excluding carboxylic acids is 2. The van der Waals surface area contributed by atoms with Crippen LogP contribution in [0.4, 0.5) is 5.69 Å². The smallest absolute Gasteiger partial charge is 0.261 e. The number of nitrogens with one attached hydrogen (secondary N) is 1. The van der Waals surface area contributed by atoms with Crippen molar-refractivity contribution in [3.8, 4) is 0 Å². The zero-order valence-corrected chi connectivity index (χ0v) is 31.6. The van der Waals surface area contributed by atoms with E-state index in [9.17, 15) is 14.4 Å². The van der Waals surface area contributed by atoms with Gasteiger partial charge in [-0.05, 0) is 43.5 Å². The first-order valence-electron chi connectivity index (χ1n) is 18.8. The van der Waals surface area contributed by atoms with Crippen molar-refractivity contribution in [2.24, 2.45) is 0 Å². The minimum absolute atomic E-state index is 0. The second-order valence-electron chi connectivity index (χ2n) is 13.4. The normalized spacial score (nSPS) is 19.0. The molecule has 292 valence electrons. The van der Waals surface area contributed by atoms with Crippen molar-refractivity contribution in [1.29, 1.82) is 0 Å². The van der Waals surface area contributed by atoms with Crippen LogP contribution in [0.25, 0.3) is 10.9 Å². The van der Waals surface area contributed by atoms with Gasteiger partial charge in [-0.15, -0.1) is 0 Å². The molecule has 3 heterocycles. The van der Waals surface area contributed by atoms with Gasteiger partial charge in [-0.25, -0.2) is 4.98 Å². The number of aryl methyl sites for hydroxylation is 2. The number of carbonyl (C=O) groups is 2. The summed E-state index contributed by atoms with van der Waals surface area (Å²) in [6, 6.07) is 13.0. The zero-order chi connectivity index (χ0) is 37.4. The number of para-hydroxylation sites is 2. The number of benzene rings is 2. The highest BCUT2D eigenvalue weighted by atomic mass is 16.5. The Morgan fingerprint density at radius 2 is 1.32 bits per heavy atom. The monoisotopic (exact) mass is 738 g/mol. The van der Waals surface area contributed by atoms with Crippen molar-refractivity contribution < 1.29 is 34.7 Å². The second kappa shape index (κ2) is 21.2. The van der Waals surface area contributed by atoms with Crippen LogP contribution in [-0.2, 0) is 46.4 Å². The fourth-order valence-electron chi connectivity index (χ4n) is 6.59. The number of nitrogens with zero attached hydrogens (tertiary/aromatic N) is 5. The summed E-state index contributed by atoms with van der Waals surface area (Å²) < 4.78 is 30.8. The van der Waals surface area contributed by atoms with Gasteiger partial charge in [0.1, 0.15) is 12.4 Å². The maximum absolute atomic E-state index is 13.9. The lowest BCUT2D eigenvalue weighted by Gasteiger charge is -2.30. The summed E-state index contributed by atoms with van der Waals surface area (Å²) in [6.07, 6.45) is 0.648. The van der Waals surface area contributed by atoms with Gasteiger partial charge < -0.3 is 33.9 Å². The molecule has 0 aliphatic carbocycles. The topological polar surface area (TPSA) is 137 Å². The molecule has 14 nitrogen and oxygen atoms in total. The minimum atomic E-state index is -0.333. The van der Waals surface area contributed by atoms with Crippen LogP contribution in [0, 0.1) is 13.8 Å². The van der Waals surface area contributed by atoms with E-state index in [0.717, 1.165) is 16.8 Å². The Kier molecular flexibility index (Phi) is 16.2. The summed E-state index contributed by atoms with van der Waals surface area (Å²) in [6.45, 7) is 13.8. The molecular weight excluding hydrogens is 680 g/mol. The van der Waals surface area contributed by atoms with E-state index in [0.29, 0.717) is 135 Å². The Bertz CT molecular complexity index is 1670. The number of aromatic nitrogens is 2. The minimum Gasteiger partial charge on any atom is -0.378 e. The summed E-state index contributed by atoms with van der Waals surface area (Å²) in [4.78, 5) is 51.5. The molecule has 5 rings (SSSR count). The first kappa shape index (κ1) is 40.4. The molecule has 2 aliphatic rings. The molecule has 14 heteroatoms. The Morgan fingerprint density at radius 1 is 0.755 bits per heavy atom. The third kappa shape index (κ3) is 11.9. The van der Waals surface area contributed by atoms with Crippen LogP contribution in [0.15, 0.2) is 47.3 Å².